The van der Waals surface area contributed by atoms with Gasteiger partial charge in [-0.1, -0.05) is 30.3 Å². The molecule has 1 aliphatic rings. The quantitative estimate of drug-likeness (QED) is 0.693. The molecular formula is C16H18N4O3. The Balaban J connectivity index is 1.83. The van der Waals surface area contributed by atoms with Gasteiger partial charge in [0, 0.05) is 12.6 Å². The van der Waals surface area contributed by atoms with Crippen molar-refractivity contribution in [3.63, 3.8) is 0 Å². The second-order valence-electron chi connectivity index (χ2n) is 5.79. The average molecular weight is 314 g/mol. The summed E-state index contributed by atoms with van der Waals surface area (Å²) < 4.78 is 0. The molecule has 3 rings (SSSR count). The van der Waals surface area contributed by atoms with Crippen LogP contribution in [0.1, 0.15) is 34.6 Å². The molecule has 1 N–H and O–H groups in total. The topological polar surface area (TPSA) is 92.1 Å². The summed E-state index contributed by atoms with van der Waals surface area (Å²) in [5.74, 6) is -0.362. The first kappa shape index (κ1) is 15.2. The van der Waals surface area contributed by atoms with Crippen LogP contribution in [0.4, 0.5) is 5.69 Å². The van der Waals surface area contributed by atoms with Gasteiger partial charge in [0.2, 0.25) is 5.69 Å². The maximum absolute atomic E-state index is 12.7. The van der Waals surface area contributed by atoms with Crippen molar-refractivity contribution in [2.75, 3.05) is 6.54 Å². The molecule has 1 saturated heterocycles. The van der Waals surface area contributed by atoms with Gasteiger partial charge in [-0.15, -0.1) is 0 Å². The molecule has 1 aliphatic heterocycles. The predicted molar refractivity (Wildman–Crippen MR) is 84.2 cm³/mol. The number of amides is 1. The zero-order valence-corrected chi connectivity index (χ0v) is 12.9. The molecule has 7 nitrogen and oxygen atoms in total. The Kier molecular flexibility index (Phi) is 4.10. The number of carbonyl (C=O) groups is 1. The summed E-state index contributed by atoms with van der Waals surface area (Å²) in [7, 11) is 0. The minimum absolute atomic E-state index is 0.0570. The summed E-state index contributed by atoms with van der Waals surface area (Å²) in [4.78, 5) is 25.1. The zero-order valence-electron chi connectivity index (χ0n) is 12.9. The molecule has 1 unspecified atom stereocenters. The van der Waals surface area contributed by atoms with Crippen LogP contribution in [0.15, 0.2) is 30.3 Å². The number of hydrogen-bond donors (Lipinski definition) is 1. The number of rotatable bonds is 4. The second kappa shape index (κ2) is 6.20. The van der Waals surface area contributed by atoms with Crippen LogP contribution in [-0.4, -0.2) is 38.5 Å². The highest BCUT2D eigenvalue weighted by Crippen LogP contribution is 2.27. The van der Waals surface area contributed by atoms with Crippen molar-refractivity contribution in [3.05, 3.63) is 57.4 Å². The average Bonchev–Trinajstić information content (AvgIpc) is 3.14. The van der Waals surface area contributed by atoms with Crippen molar-refractivity contribution in [1.82, 2.24) is 15.1 Å². The normalized spacial score (nSPS) is 17.4. The summed E-state index contributed by atoms with van der Waals surface area (Å²) in [6.07, 6.45) is 2.56. The van der Waals surface area contributed by atoms with Crippen molar-refractivity contribution in [2.24, 2.45) is 0 Å². The van der Waals surface area contributed by atoms with Gasteiger partial charge < -0.3 is 4.90 Å². The number of aromatic nitrogens is 2. The lowest BCUT2D eigenvalue weighted by atomic mass is 10.0. The molecule has 23 heavy (non-hydrogen) atoms. The molecule has 7 heteroatoms. The zero-order chi connectivity index (χ0) is 16.4. The van der Waals surface area contributed by atoms with Crippen LogP contribution in [-0.2, 0) is 6.42 Å². The maximum atomic E-state index is 12.7. The van der Waals surface area contributed by atoms with E-state index in [1.165, 1.54) is 0 Å². The Morgan fingerprint density at radius 1 is 1.43 bits per heavy atom. The Hall–Kier alpha value is -2.70. The first-order valence-corrected chi connectivity index (χ1v) is 7.62. The maximum Gasteiger partial charge on any atom is 0.322 e. The fourth-order valence-corrected chi connectivity index (χ4v) is 3.13. The number of benzene rings is 1. The molecule has 1 aromatic heterocycles. The molecule has 120 valence electrons. The van der Waals surface area contributed by atoms with Gasteiger partial charge >= 0.3 is 5.69 Å². The molecular weight excluding hydrogens is 296 g/mol. The number of aromatic amines is 1. The van der Waals surface area contributed by atoms with Crippen LogP contribution in [0.25, 0.3) is 0 Å². The van der Waals surface area contributed by atoms with Crippen LogP contribution >= 0.6 is 0 Å². The first-order valence-electron chi connectivity index (χ1n) is 7.62. The second-order valence-corrected chi connectivity index (χ2v) is 5.79. The van der Waals surface area contributed by atoms with E-state index in [-0.39, 0.29) is 23.3 Å². The molecule has 1 amide bonds. The van der Waals surface area contributed by atoms with Gasteiger partial charge in [-0.2, -0.15) is 5.10 Å². The molecule has 0 bridgehead atoms. The third kappa shape index (κ3) is 2.94. The van der Waals surface area contributed by atoms with Gasteiger partial charge in [-0.25, -0.2) is 0 Å². The number of nitrogens with one attached hydrogen (secondary N) is 1. The van der Waals surface area contributed by atoms with Crippen molar-refractivity contribution >= 4 is 11.6 Å². The van der Waals surface area contributed by atoms with Gasteiger partial charge in [-0.3, -0.25) is 20.0 Å². The van der Waals surface area contributed by atoms with Gasteiger partial charge in [0.15, 0.2) is 0 Å². The lowest BCUT2D eigenvalue weighted by Gasteiger charge is -2.23. The number of nitro groups is 1. The molecule has 2 heterocycles. The molecule has 1 atom stereocenters. The molecule has 0 aliphatic carbocycles. The van der Waals surface area contributed by atoms with Crippen LogP contribution in [0, 0.1) is 17.0 Å². The van der Waals surface area contributed by atoms with Crippen molar-refractivity contribution in [2.45, 2.75) is 32.2 Å². The van der Waals surface area contributed by atoms with Crippen molar-refractivity contribution in [3.8, 4) is 0 Å². The van der Waals surface area contributed by atoms with Crippen molar-refractivity contribution in [1.29, 1.82) is 0 Å². The first-order chi connectivity index (χ1) is 11.1. The largest absolute Gasteiger partial charge is 0.334 e. The summed E-state index contributed by atoms with van der Waals surface area (Å²) >= 11 is 0. The van der Waals surface area contributed by atoms with E-state index in [9.17, 15) is 14.9 Å². The SMILES string of the molecule is Cc1[nH]nc(C(=O)N2CCCC2Cc2ccccc2)c1[N+](=O)[O-]. The number of likely N-dealkylation sites (tertiary alicyclic amines) is 1. The smallest absolute Gasteiger partial charge is 0.322 e. The summed E-state index contributed by atoms with van der Waals surface area (Å²) in [6.45, 7) is 2.16. The fraction of sp³-hybridized carbons (Fsp3) is 0.375. The molecule has 0 spiro atoms. The minimum atomic E-state index is -0.547. The number of hydrogen-bond acceptors (Lipinski definition) is 4. The van der Waals surface area contributed by atoms with Crippen LogP contribution < -0.4 is 0 Å². The lowest BCUT2D eigenvalue weighted by Crippen LogP contribution is -2.37. The highest BCUT2D eigenvalue weighted by Gasteiger charge is 2.35. The summed E-state index contributed by atoms with van der Waals surface area (Å²) in [5, 5.41) is 17.6. The Labute approximate surface area is 133 Å². The van der Waals surface area contributed by atoms with Crippen molar-refractivity contribution < 1.29 is 9.72 Å². The number of aryl methyl sites for hydroxylation is 1. The van der Waals surface area contributed by atoms with Crippen LogP contribution in [0.3, 0.4) is 0 Å². The Morgan fingerprint density at radius 2 is 2.17 bits per heavy atom. The van der Waals surface area contributed by atoms with Gasteiger partial charge in [0.05, 0.1) is 4.92 Å². The molecule has 2 aromatic rings. The van der Waals surface area contributed by atoms with E-state index < -0.39 is 4.92 Å². The van der Waals surface area contributed by atoms with Gasteiger partial charge in [0.1, 0.15) is 5.69 Å². The van der Waals surface area contributed by atoms with E-state index >= 15 is 0 Å². The summed E-state index contributed by atoms with van der Waals surface area (Å²) in [5.41, 5.74) is 1.15. The predicted octanol–water partition coefficient (Wildman–Crippen LogP) is 2.47. The minimum Gasteiger partial charge on any atom is -0.334 e. The third-order valence-corrected chi connectivity index (χ3v) is 4.25. The highest BCUT2D eigenvalue weighted by molar-refractivity contribution is 5.96. The monoisotopic (exact) mass is 314 g/mol. The van der Waals surface area contributed by atoms with Crippen LogP contribution in [0.5, 0.6) is 0 Å². The van der Waals surface area contributed by atoms with E-state index in [0.29, 0.717) is 12.2 Å². The van der Waals surface area contributed by atoms with E-state index in [1.807, 2.05) is 30.3 Å². The van der Waals surface area contributed by atoms with Crippen LogP contribution in [0.2, 0.25) is 0 Å². The van der Waals surface area contributed by atoms with Gasteiger partial charge in [0.25, 0.3) is 5.91 Å². The fourth-order valence-electron chi connectivity index (χ4n) is 3.13. The number of carbonyl (C=O) groups excluding carboxylic acids is 1. The molecule has 0 saturated carbocycles. The number of nitrogens with zero attached hydrogens (tertiary/aromatic N) is 3. The van der Waals surface area contributed by atoms with E-state index in [4.69, 9.17) is 0 Å². The van der Waals surface area contributed by atoms with E-state index in [1.54, 1.807) is 11.8 Å². The van der Waals surface area contributed by atoms with E-state index in [0.717, 1.165) is 24.8 Å². The highest BCUT2D eigenvalue weighted by atomic mass is 16.6. The number of H-pyrrole nitrogens is 1. The third-order valence-electron chi connectivity index (χ3n) is 4.25. The molecule has 1 fully saturated rings. The van der Waals surface area contributed by atoms with E-state index in [2.05, 4.69) is 10.2 Å². The molecule has 0 radical (unpaired) electrons. The molecule has 1 aromatic carbocycles. The van der Waals surface area contributed by atoms with Gasteiger partial charge in [-0.05, 0) is 31.7 Å². The standard InChI is InChI=1S/C16H18N4O3/c1-11-15(20(22)23)14(18-17-11)16(21)19-9-5-8-13(19)10-12-6-3-2-4-7-12/h2-4,6-7,13H,5,8-10H2,1H3,(H,17,18). The Bertz CT molecular complexity index is 726. The summed E-state index contributed by atoms with van der Waals surface area (Å²) in [6, 6.07) is 10.0. The lowest BCUT2D eigenvalue weighted by molar-refractivity contribution is -0.385. The Morgan fingerprint density at radius 3 is 2.87 bits per heavy atom.